The largest absolute Gasteiger partial charge is 0.395 e. The van der Waals surface area contributed by atoms with E-state index in [9.17, 15) is 4.79 Å². The highest BCUT2D eigenvalue weighted by molar-refractivity contribution is 7.14. The van der Waals surface area contributed by atoms with E-state index in [1.54, 1.807) is 0 Å². The Morgan fingerprint density at radius 3 is 2.81 bits per heavy atom. The molecule has 0 saturated heterocycles. The van der Waals surface area contributed by atoms with Crippen molar-refractivity contribution in [2.75, 3.05) is 6.61 Å². The lowest BCUT2D eigenvalue weighted by molar-refractivity contribution is 0.0926. The van der Waals surface area contributed by atoms with Crippen LogP contribution in [0.15, 0.2) is 12.1 Å². The molecule has 1 fully saturated rings. The first-order valence-electron chi connectivity index (χ1n) is 7.73. The van der Waals surface area contributed by atoms with Crippen molar-refractivity contribution in [2.45, 2.75) is 51.5 Å². The van der Waals surface area contributed by atoms with Crippen LogP contribution >= 0.6 is 11.3 Å². The van der Waals surface area contributed by atoms with E-state index >= 15 is 0 Å². The molecule has 1 aromatic heterocycles. The fourth-order valence-electron chi connectivity index (χ4n) is 2.70. The van der Waals surface area contributed by atoms with Crippen molar-refractivity contribution in [3.05, 3.63) is 21.9 Å². The van der Waals surface area contributed by atoms with E-state index in [4.69, 9.17) is 5.11 Å². The molecular weight excluding hydrogens is 282 g/mol. The average Bonchev–Trinajstić information content (AvgIpc) is 2.97. The van der Waals surface area contributed by atoms with Gasteiger partial charge in [0.15, 0.2) is 0 Å². The third kappa shape index (κ3) is 4.87. The molecule has 2 rings (SSSR count). The molecule has 0 aromatic carbocycles. The molecule has 1 aromatic rings. The summed E-state index contributed by atoms with van der Waals surface area (Å²) in [7, 11) is 0. The van der Waals surface area contributed by atoms with Crippen LogP contribution in [0.2, 0.25) is 0 Å². The summed E-state index contributed by atoms with van der Waals surface area (Å²) in [5, 5.41) is 11.8. The summed E-state index contributed by atoms with van der Waals surface area (Å²) in [6.45, 7) is 2.32. The lowest BCUT2D eigenvalue weighted by Gasteiger charge is -2.28. The first-order chi connectivity index (χ1) is 10.2. The van der Waals surface area contributed by atoms with Gasteiger partial charge in [-0.05, 0) is 43.7 Å². The van der Waals surface area contributed by atoms with Gasteiger partial charge in [-0.3, -0.25) is 4.79 Å². The number of carbonyl (C=O) groups excluding carboxylic acids is 1. The Kier molecular flexibility index (Phi) is 6.28. The minimum Gasteiger partial charge on any atom is -0.395 e. The van der Waals surface area contributed by atoms with Gasteiger partial charge in [0.25, 0.3) is 5.91 Å². The van der Waals surface area contributed by atoms with Crippen LogP contribution in [0.5, 0.6) is 0 Å². The topological polar surface area (TPSA) is 49.3 Å². The first-order valence-corrected chi connectivity index (χ1v) is 8.55. The predicted molar refractivity (Wildman–Crippen MR) is 86.4 cm³/mol. The van der Waals surface area contributed by atoms with Gasteiger partial charge in [0, 0.05) is 12.5 Å². The van der Waals surface area contributed by atoms with Crippen molar-refractivity contribution < 1.29 is 9.90 Å². The van der Waals surface area contributed by atoms with Crippen LogP contribution in [-0.4, -0.2) is 23.7 Å². The van der Waals surface area contributed by atoms with Crippen molar-refractivity contribution in [1.29, 1.82) is 0 Å². The van der Waals surface area contributed by atoms with Crippen molar-refractivity contribution in [3.8, 4) is 11.8 Å². The van der Waals surface area contributed by atoms with E-state index in [-0.39, 0.29) is 12.5 Å². The number of aliphatic hydroxyl groups is 1. The zero-order valence-electron chi connectivity index (χ0n) is 12.5. The highest BCUT2D eigenvalue weighted by atomic mass is 32.1. The third-order valence-electron chi connectivity index (χ3n) is 4.04. The van der Waals surface area contributed by atoms with Crippen LogP contribution in [0.1, 0.15) is 60.0 Å². The molecule has 0 unspecified atom stereocenters. The van der Waals surface area contributed by atoms with Gasteiger partial charge in [0.1, 0.15) is 0 Å². The number of amides is 1. The van der Waals surface area contributed by atoms with Gasteiger partial charge in [0.05, 0.1) is 16.4 Å². The summed E-state index contributed by atoms with van der Waals surface area (Å²) in [5.41, 5.74) is 0. The van der Waals surface area contributed by atoms with E-state index in [1.807, 2.05) is 12.1 Å². The quantitative estimate of drug-likeness (QED) is 0.839. The van der Waals surface area contributed by atoms with Crippen molar-refractivity contribution in [2.24, 2.45) is 5.92 Å². The van der Waals surface area contributed by atoms with Gasteiger partial charge in [-0.2, -0.15) is 0 Å². The summed E-state index contributed by atoms with van der Waals surface area (Å²) >= 11 is 1.42. The fourth-order valence-corrected chi connectivity index (χ4v) is 3.49. The number of thiophene rings is 1. The maximum absolute atomic E-state index is 12.2. The smallest absolute Gasteiger partial charge is 0.261 e. The number of hydrogen-bond donors (Lipinski definition) is 2. The van der Waals surface area contributed by atoms with Crippen LogP contribution in [-0.2, 0) is 0 Å². The van der Waals surface area contributed by atoms with Gasteiger partial charge in [0.2, 0.25) is 0 Å². The standard InChI is InChI=1S/C17H23NO2S/c1-2-13-6-8-14(9-7-13)18-17(20)16-11-10-15(21-16)5-3-4-12-19/h10-11,13-14,19H,2,4,6-9,12H2,1H3,(H,18,20). The van der Waals surface area contributed by atoms with E-state index < -0.39 is 0 Å². The Labute approximate surface area is 130 Å². The zero-order chi connectivity index (χ0) is 15.1. The average molecular weight is 305 g/mol. The molecule has 1 saturated carbocycles. The van der Waals surface area contributed by atoms with E-state index in [2.05, 4.69) is 24.1 Å². The molecule has 21 heavy (non-hydrogen) atoms. The van der Waals surface area contributed by atoms with E-state index in [1.165, 1.54) is 30.6 Å². The molecule has 1 heterocycles. The maximum Gasteiger partial charge on any atom is 0.261 e. The zero-order valence-corrected chi connectivity index (χ0v) is 13.3. The maximum atomic E-state index is 12.2. The second kappa shape index (κ2) is 8.21. The van der Waals surface area contributed by atoms with Crippen molar-refractivity contribution in [3.63, 3.8) is 0 Å². The molecular formula is C17H23NO2S. The van der Waals surface area contributed by atoms with Gasteiger partial charge < -0.3 is 10.4 Å². The van der Waals surface area contributed by atoms with Crippen LogP contribution in [0.25, 0.3) is 0 Å². The molecule has 4 heteroatoms. The molecule has 1 amide bonds. The van der Waals surface area contributed by atoms with Gasteiger partial charge >= 0.3 is 0 Å². The van der Waals surface area contributed by atoms with Crippen LogP contribution in [0.3, 0.4) is 0 Å². The predicted octanol–water partition coefficient (Wildman–Crippen LogP) is 3.18. The van der Waals surface area contributed by atoms with Crippen LogP contribution in [0, 0.1) is 17.8 Å². The van der Waals surface area contributed by atoms with Crippen molar-refractivity contribution in [1.82, 2.24) is 5.32 Å². The van der Waals surface area contributed by atoms with Gasteiger partial charge in [-0.15, -0.1) is 11.3 Å². The first kappa shape index (κ1) is 16.1. The van der Waals surface area contributed by atoms with Crippen LogP contribution < -0.4 is 5.32 Å². The molecule has 114 valence electrons. The Morgan fingerprint density at radius 1 is 1.38 bits per heavy atom. The summed E-state index contributed by atoms with van der Waals surface area (Å²) in [5.74, 6) is 6.71. The lowest BCUT2D eigenvalue weighted by atomic mass is 9.84. The molecule has 1 aliphatic carbocycles. The Bertz CT molecular complexity index is 518. The number of rotatable bonds is 4. The Morgan fingerprint density at radius 2 is 2.14 bits per heavy atom. The second-order valence-corrected chi connectivity index (χ2v) is 6.62. The van der Waals surface area contributed by atoms with Gasteiger partial charge in [-0.25, -0.2) is 0 Å². The van der Waals surface area contributed by atoms with Crippen molar-refractivity contribution >= 4 is 17.2 Å². The normalized spacial score (nSPS) is 21.4. The molecule has 0 atom stereocenters. The Balaban J connectivity index is 1.85. The van der Waals surface area contributed by atoms with Crippen LogP contribution in [0.4, 0.5) is 0 Å². The minimum atomic E-state index is 0.0233. The number of aliphatic hydroxyl groups excluding tert-OH is 1. The highest BCUT2D eigenvalue weighted by Crippen LogP contribution is 2.27. The SMILES string of the molecule is CCC1CCC(NC(=O)c2ccc(C#CCCO)s2)CC1. The number of hydrogen-bond acceptors (Lipinski definition) is 3. The number of nitrogens with one attached hydrogen (secondary N) is 1. The fraction of sp³-hybridized carbons (Fsp3) is 0.588. The van der Waals surface area contributed by atoms with Gasteiger partial charge in [-0.1, -0.05) is 25.2 Å². The molecule has 0 radical (unpaired) electrons. The van der Waals surface area contributed by atoms with E-state index in [0.29, 0.717) is 12.5 Å². The monoisotopic (exact) mass is 305 g/mol. The summed E-state index contributed by atoms with van der Waals surface area (Å²) in [6, 6.07) is 4.03. The minimum absolute atomic E-state index is 0.0233. The molecule has 2 N–H and O–H groups in total. The number of carbonyl (C=O) groups is 1. The highest BCUT2D eigenvalue weighted by Gasteiger charge is 2.22. The molecule has 0 bridgehead atoms. The summed E-state index contributed by atoms with van der Waals surface area (Å²) in [4.78, 5) is 13.8. The molecule has 3 nitrogen and oxygen atoms in total. The molecule has 0 aliphatic heterocycles. The summed E-state index contributed by atoms with van der Waals surface area (Å²) in [6.07, 6.45) is 6.37. The second-order valence-electron chi connectivity index (χ2n) is 5.54. The third-order valence-corrected chi connectivity index (χ3v) is 5.04. The molecule has 1 aliphatic rings. The van der Waals surface area contributed by atoms with E-state index in [0.717, 1.165) is 28.5 Å². The Hall–Kier alpha value is -1.31. The lowest BCUT2D eigenvalue weighted by Crippen LogP contribution is -2.37. The molecule has 0 spiro atoms. The summed E-state index contributed by atoms with van der Waals surface area (Å²) < 4.78 is 0.